The van der Waals surface area contributed by atoms with Crippen molar-refractivity contribution < 1.29 is 4.74 Å². The fourth-order valence-electron chi connectivity index (χ4n) is 2.67. The lowest BCUT2D eigenvalue weighted by Gasteiger charge is -2.03. The van der Waals surface area contributed by atoms with Gasteiger partial charge in [-0.2, -0.15) is 4.52 Å². The highest BCUT2D eigenvalue weighted by molar-refractivity contribution is 7.98. The van der Waals surface area contributed by atoms with Crippen LogP contribution in [-0.4, -0.2) is 32.9 Å². The first kappa shape index (κ1) is 14.8. The van der Waals surface area contributed by atoms with Gasteiger partial charge >= 0.3 is 5.69 Å². The number of nitrogens with zero attached hydrogens (tertiary/aromatic N) is 3. The van der Waals surface area contributed by atoms with E-state index in [1.165, 1.54) is 4.52 Å². The molecule has 0 atom stereocenters. The van der Waals surface area contributed by atoms with Gasteiger partial charge in [-0.3, -0.25) is 0 Å². The standard InChI is InChI=1S/C17H14N4O2S/c1-23-11-8-6-10(7-9-11)15-19-16-12-4-3-5-13(24-2)14(12)18-17(22)21(16)20-15/h3-9H,1-2H3,(H,18,22). The molecule has 0 spiro atoms. The van der Waals surface area contributed by atoms with E-state index in [-0.39, 0.29) is 5.69 Å². The second-order valence-corrected chi connectivity index (χ2v) is 6.06. The zero-order valence-electron chi connectivity index (χ0n) is 13.1. The van der Waals surface area contributed by atoms with Crippen LogP contribution < -0.4 is 10.4 Å². The van der Waals surface area contributed by atoms with E-state index in [2.05, 4.69) is 15.1 Å². The maximum Gasteiger partial charge on any atom is 0.348 e. The third-order valence-corrected chi connectivity index (χ3v) is 4.65. The number of aromatic nitrogens is 4. The van der Waals surface area contributed by atoms with E-state index in [0.29, 0.717) is 11.5 Å². The summed E-state index contributed by atoms with van der Waals surface area (Å²) in [4.78, 5) is 20.9. The highest BCUT2D eigenvalue weighted by Crippen LogP contribution is 2.27. The van der Waals surface area contributed by atoms with E-state index in [0.717, 1.165) is 27.1 Å². The van der Waals surface area contributed by atoms with Gasteiger partial charge in [0.25, 0.3) is 0 Å². The van der Waals surface area contributed by atoms with Crippen LogP contribution in [0, 0.1) is 0 Å². The number of benzene rings is 2. The molecule has 2 heterocycles. The Morgan fingerprint density at radius 2 is 1.96 bits per heavy atom. The van der Waals surface area contributed by atoms with Crippen LogP contribution in [0.1, 0.15) is 0 Å². The van der Waals surface area contributed by atoms with Crippen LogP contribution in [0.5, 0.6) is 5.75 Å². The molecule has 0 unspecified atom stereocenters. The van der Waals surface area contributed by atoms with E-state index in [1.807, 2.05) is 48.7 Å². The van der Waals surface area contributed by atoms with E-state index in [9.17, 15) is 4.79 Å². The number of hydrogen-bond donors (Lipinski definition) is 1. The van der Waals surface area contributed by atoms with Crippen molar-refractivity contribution in [1.82, 2.24) is 19.6 Å². The fourth-order valence-corrected chi connectivity index (χ4v) is 3.25. The molecule has 0 aliphatic carbocycles. The Morgan fingerprint density at radius 3 is 2.67 bits per heavy atom. The molecule has 0 amide bonds. The molecule has 0 aliphatic rings. The van der Waals surface area contributed by atoms with E-state index >= 15 is 0 Å². The average molecular weight is 338 g/mol. The largest absolute Gasteiger partial charge is 0.497 e. The Bertz CT molecular complexity index is 1100. The van der Waals surface area contributed by atoms with Crippen molar-refractivity contribution in [3.8, 4) is 17.1 Å². The first-order valence-electron chi connectivity index (χ1n) is 7.31. The second-order valence-electron chi connectivity index (χ2n) is 5.21. The van der Waals surface area contributed by atoms with Crippen molar-refractivity contribution in [3.05, 3.63) is 52.9 Å². The molecule has 24 heavy (non-hydrogen) atoms. The van der Waals surface area contributed by atoms with Crippen LogP contribution in [0.25, 0.3) is 27.9 Å². The van der Waals surface area contributed by atoms with Gasteiger partial charge in [0.05, 0.1) is 12.6 Å². The number of nitrogens with one attached hydrogen (secondary N) is 1. The molecule has 0 aliphatic heterocycles. The van der Waals surface area contributed by atoms with Crippen LogP contribution in [-0.2, 0) is 0 Å². The molecular weight excluding hydrogens is 324 g/mol. The molecule has 6 nitrogen and oxygen atoms in total. The van der Waals surface area contributed by atoms with Gasteiger partial charge in [-0.25, -0.2) is 9.78 Å². The summed E-state index contributed by atoms with van der Waals surface area (Å²) in [6.45, 7) is 0. The van der Waals surface area contributed by atoms with Gasteiger partial charge in [-0.15, -0.1) is 16.9 Å². The molecule has 0 saturated heterocycles. The number of fused-ring (bicyclic) bond motifs is 3. The number of ether oxygens (including phenoxy) is 1. The van der Waals surface area contributed by atoms with Crippen molar-refractivity contribution >= 4 is 28.3 Å². The van der Waals surface area contributed by atoms with Crippen molar-refractivity contribution in [2.75, 3.05) is 13.4 Å². The molecule has 7 heteroatoms. The van der Waals surface area contributed by atoms with Gasteiger partial charge in [-0.05, 0) is 42.7 Å². The molecule has 4 aromatic rings. The molecule has 1 N–H and O–H groups in total. The minimum absolute atomic E-state index is 0.300. The number of methoxy groups -OCH3 is 1. The van der Waals surface area contributed by atoms with Crippen LogP contribution in [0.3, 0.4) is 0 Å². The van der Waals surface area contributed by atoms with Crippen molar-refractivity contribution in [1.29, 1.82) is 0 Å². The molecule has 4 rings (SSSR count). The van der Waals surface area contributed by atoms with E-state index in [1.54, 1.807) is 18.9 Å². The Hall–Kier alpha value is -2.80. The molecule has 120 valence electrons. The van der Waals surface area contributed by atoms with Crippen LogP contribution in [0.4, 0.5) is 0 Å². The quantitative estimate of drug-likeness (QED) is 0.582. The number of thioether (sulfide) groups is 1. The topological polar surface area (TPSA) is 72.3 Å². The van der Waals surface area contributed by atoms with E-state index < -0.39 is 0 Å². The number of aromatic amines is 1. The zero-order valence-corrected chi connectivity index (χ0v) is 13.9. The van der Waals surface area contributed by atoms with Gasteiger partial charge in [0.2, 0.25) is 0 Å². The summed E-state index contributed by atoms with van der Waals surface area (Å²) in [5, 5.41) is 5.23. The van der Waals surface area contributed by atoms with Crippen molar-refractivity contribution in [2.45, 2.75) is 4.90 Å². The lowest BCUT2D eigenvalue weighted by atomic mass is 10.2. The molecule has 0 fully saturated rings. The Labute approximate surface area is 141 Å². The molecule has 2 aromatic heterocycles. The SMILES string of the molecule is COc1ccc(-c2nc3c4cccc(SC)c4[nH]c(=O)n3n2)cc1. The lowest BCUT2D eigenvalue weighted by Crippen LogP contribution is -2.17. The minimum Gasteiger partial charge on any atom is -0.497 e. The summed E-state index contributed by atoms with van der Waals surface area (Å²) in [7, 11) is 1.62. The highest BCUT2D eigenvalue weighted by Gasteiger charge is 2.13. The Balaban J connectivity index is 1.98. The van der Waals surface area contributed by atoms with Crippen molar-refractivity contribution in [2.24, 2.45) is 0 Å². The smallest absolute Gasteiger partial charge is 0.348 e. The monoisotopic (exact) mass is 338 g/mol. The molecular formula is C17H14N4O2S. The predicted octanol–water partition coefficient (Wildman–Crippen LogP) is 2.97. The highest BCUT2D eigenvalue weighted by atomic mass is 32.2. The Morgan fingerprint density at radius 1 is 1.17 bits per heavy atom. The lowest BCUT2D eigenvalue weighted by molar-refractivity contribution is 0.415. The van der Waals surface area contributed by atoms with E-state index in [4.69, 9.17) is 4.74 Å². The summed E-state index contributed by atoms with van der Waals surface area (Å²) < 4.78 is 6.47. The zero-order chi connectivity index (χ0) is 16.7. The molecule has 0 saturated carbocycles. The second kappa shape index (κ2) is 5.68. The fraction of sp³-hybridized carbons (Fsp3) is 0.118. The summed E-state index contributed by atoms with van der Waals surface area (Å²) in [6.07, 6.45) is 1.98. The van der Waals surface area contributed by atoms with Gasteiger partial charge in [0.15, 0.2) is 11.5 Å². The maximum atomic E-state index is 12.4. The molecule has 0 bridgehead atoms. The number of para-hydroxylation sites is 1. The Kier molecular flexibility index (Phi) is 3.50. The van der Waals surface area contributed by atoms with Crippen LogP contribution in [0.15, 0.2) is 52.2 Å². The van der Waals surface area contributed by atoms with Crippen LogP contribution in [0.2, 0.25) is 0 Å². The first-order chi connectivity index (χ1) is 11.7. The van der Waals surface area contributed by atoms with Crippen LogP contribution >= 0.6 is 11.8 Å². The van der Waals surface area contributed by atoms with Gasteiger partial charge < -0.3 is 9.72 Å². The van der Waals surface area contributed by atoms with Gasteiger partial charge in [0.1, 0.15) is 5.75 Å². The molecule has 2 aromatic carbocycles. The maximum absolute atomic E-state index is 12.4. The van der Waals surface area contributed by atoms with Gasteiger partial charge in [-0.1, -0.05) is 6.07 Å². The van der Waals surface area contributed by atoms with Crippen molar-refractivity contribution in [3.63, 3.8) is 0 Å². The minimum atomic E-state index is -0.300. The number of hydrogen-bond acceptors (Lipinski definition) is 5. The first-order valence-corrected chi connectivity index (χ1v) is 8.54. The number of rotatable bonds is 3. The number of H-pyrrole nitrogens is 1. The summed E-state index contributed by atoms with van der Waals surface area (Å²) in [6, 6.07) is 13.3. The summed E-state index contributed by atoms with van der Waals surface area (Å²) in [5.41, 5.74) is 1.87. The summed E-state index contributed by atoms with van der Waals surface area (Å²) in [5.74, 6) is 1.26. The van der Waals surface area contributed by atoms with Gasteiger partial charge in [0, 0.05) is 15.8 Å². The summed E-state index contributed by atoms with van der Waals surface area (Å²) >= 11 is 1.58. The third kappa shape index (κ3) is 2.25. The molecule has 0 radical (unpaired) electrons. The average Bonchev–Trinajstić information content (AvgIpc) is 3.08. The normalized spacial score (nSPS) is 11.2. The predicted molar refractivity (Wildman–Crippen MR) is 94.9 cm³/mol. The third-order valence-electron chi connectivity index (χ3n) is 3.87.